The van der Waals surface area contributed by atoms with E-state index < -0.39 is 11.8 Å². The number of anilines is 1. The third-order valence-electron chi connectivity index (χ3n) is 6.32. The molecule has 160 valence electrons. The molecule has 9 heteroatoms. The molecule has 30 heavy (non-hydrogen) atoms. The smallest absolute Gasteiger partial charge is 0.328 e. The summed E-state index contributed by atoms with van der Waals surface area (Å²) in [5.41, 5.74) is 2.72. The third kappa shape index (κ3) is 3.36. The van der Waals surface area contributed by atoms with E-state index >= 15 is 0 Å². The van der Waals surface area contributed by atoms with Gasteiger partial charge < -0.3 is 19.4 Å². The lowest BCUT2D eigenvalue weighted by molar-refractivity contribution is -0.288. The molecule has 1 spiro atoms. The minimum Gasteiger partial charge on any atom is -0.348 e. The van der Waals surface area contributed by atoms with E-state index in [2.05, 4.69) is 28.3 Å². The van der Waals surface area contributed by atoms with E-state index in [1.54, 1.807) is 11.1 Å². The van der Waals surface area contributed by atoms with E-state index in [-0.39, 0.29) is 11.9 Å². The van der Waals surface area contributed by atoms with Gasteiger partial charge in [-0.3, -0.25) is 15.0 Å². The van der Waals surface area contributed by atoms with Crippen molar-refractivity contribution in [3.63, 3.8) is 0 Å². The molecule has 3 fully saturated rings. The number of rotatable bonds is 3. The summed E-state index contributed by atoms with van der Waals surface area (Å²) in [5, 5.41) is 6.73. The van der Waals surface area contributed by atoms with E-state index in [9.17, 15) is 9.59 Å². The number of pyridine rings is 1. The van der Waals surface area contributed by atoms with Gasteiger partial charge in [0.1, 0.15) is 5.65 Å². The molecule has 0 bridgehead atoms. The zero-order chi connectivity index (χ0) is 20.7. The van der Waals surface area contributed by atoms with Crippen LogP contribution in [0.4, 0.5) is 10.5 Å². The topological polar surface area (TPSA) is 97.7 Å². The van der Waals surface area contributed by atoms with Gasteiger partial charge in [-0.05, 0) is 18.1 Å². The van der Waals surface area contributed by atoms with Crippen molar-refractivity contribution in [1.82, 2.24) is 20.2 Å². The molecule has 0 atom stereocenters. The Labute approximate surface area is 174 Å². The lowest BCUT2D eigenvalue weighted by Gasteiger charge is -2.43. The monoisotopic (exact) mass is 413 g/mol. The Morgan fingerprint density at radius 3 is 2.70 bits per heavy atom. The second-order valence-corrected chi connectivity index (χ2v) is 8.17. The van der Waals surface area contributed by atoms with Crippen molar-refractivity contribution in [3.8, 4) is 0 Å². The Balaban J connectivity index is 1.41. The van der Waals surface area contributed by atoms with Gasteiger partial charge in [0, 0.05) is 50.5 Å². The van der Waals surface area contributed by atoms with Gasteiger partial charge in [-0.15, -0.1) is 0 Å². The fourth-order valence-electron chi connectivity index (χ4n) is 4.55. The number of amides is 3. The summed E-state index contributed by atoms with van der Waals surface area (Å²) < 4.78 is 14.6. The molecule has 3 amide bonds. The number of hydrogen-bond acceptors (Lipinski definition) is 6. The minimum absolute atomic E-state index is 0.0579. The minimum atomic E-state index is -0.446. The second kappa shape index (κ2) is 7.64. The predicted octanol–water partition coefficient (Wildman–Crippen LogP) is 1.71. The maximum Gasteiger partial charge on any atom is 0.328 e. The zero-order valence-electron chi connectivity index (χ0n) is 17.1. The summed E-state index contributed by atoms with van der Waals surface area (Å²) >= 11 is 0. The summed E-state index contributed by atoms with van der Waals surface area (Å²) in [4.78, 5) is 29.9. The normalized spacial score (nSPS) is 22.6. The molecule has 0 aliphatic carbocycles. The van der Waals surface area contributed by atoms with Crippen molar-refractivity contribution in [2.24, 2.45) is 0 Å². The Hall–Kier alpha value is -2.49. The van der Waals surface area contributed by atoms with Gasteiger partial charge in [0.15, 0.2) is 5.79 Å². The van der Waals surface area contributed by atoms with Crippen LogP contribution in [0.1, 0.15) is 37.8 Å². The maximum atomic E-state index is 12.2. The van der Waals surface area contributed by atoms with Crippen molar-refractivity contribution < 1.29 is 19.1 Å². The summed E-state index contributed by atoms with van der Waals surface area (Å²) in [6, 6.07) is 1.65. The van der Waals surface area contributed by atoms with Crippen LogP contribution in [0.25, 0.3) is 11.0 Å². The number of imide groups is 1. The van der Waals surface area contributed by atoms with Crippen molar-refractivity contribution in [2.75, 3.05) is 37.7 Å². The SMILES string of the molecule is CCc1cn(C2COC3(CCNCC3)OC2)c2ncc(N3CCC(=O)NC3=O)cc12. The summed E-state index contributed by atoms with van der Waals surface area (Å²) in [5.74, 6) is -0.688. The van der Waals surface area contributed by atoms with Gasteiger partial charge in [-0.25, -0.2) is 9.78 Å². The Bertz CT molecular complexity index is 971. The van der Waals surface area contributed by atoms with Gasteiger partial charge in [0.2, 0.25) is 5.91 Å². The van der Waals surface area contributed by atoms with E-state index in [0.29, 0.717) is 31.9 Å². The Kier molecular flexibility index (Phi) is 4.96. The molecule has 0 radical (unpaired) electrons. The number of ether oxygens (including phenoxy) is 2. The average Bonchev–Trinajstić information content (AvgIpc) is 3.13. The van der Waals surface area contributed by atoms with Crippen LogP contribution >= 0.6 is 0 Å². The first-order valence-corrected chi connectivity index (χ1v) is 10.7. The molecule has 5 rings (SSSR count). The van der Waals surface area contributed by atoms with Crippen LogP contribution in [0.15, 0.2) is 18.5 Å². The first-order chi connectivity index (χ1) is 14.6. The standard InChI is InChI=1S/C21H27N5O4/c1-2-14-11-26(16-12-29-21(30-13-16)4-6-22-7-5-21)19-17(14)9-15(10-23-19)25-8-3-18(27)24-20(25)28/h9-11,16,22H,2-8,12-13H2,1H3,(H,24,27,28). The van der Waals surface area contributed by atoms with Crippen LogP contribution in [-0.4, -0.2) is 60.1 Å². The molecule has 3 aliphatic heterocycles. The van der Waals surface area contributed by atoms with Crippen molar-refractivity contribution >= 4 is 28.7 Å². The molecule has 9 nitrogen and oxygen atoms in total. The van der Waals surface area contributed by atoms with Gasteiger partial charge in [0.25, 0.3) is 0 Å². The number of aromatic nitrogens is 2. The van der Waals surface area contributed by atoms with Crippen LogP contribution in [0, 0.1) is 0 Å². The molecule has 2 aromatic rings. The molecule has 3 saturated heterocycles. The van der Waals surface area contributed by atoms with Gasteiger partial charge >= 0.3 is 6.03 Å². The number of aryl methyl sites for hydroxylation is 1. The quantitative estimate of drug-likeness (QED) is 0.795. The number of carbonyl (C=O) groups excluding carboxylic acids is 2. The van der Waals surface area contributed by atoms with Crippen LogP contribution in [0.3, 0.4) is 0 Å². The molecule has 3 aliphatic rings. The number of nitrogens with one attached hydrogen (secondary N) is 2. The molecule has 2 N–H and O–H groups in total. The van der Waals surface area contributed by atoms with Crippen LogP contribution in [0.5, 0.6) is 0 Å². The summed E-state index contributed by atoms with van der Waals surface area (Å²) in [7, 11) is 0. The Morgan fingerprint density at radius 1 is 1.23 bits per heavy atom. The lowest BCUT2D eigenvalue weighted by Crippen LogP contribution is -2.51. The molecular weight excluding hydrogens is 386 g/mol. The Morgan fingerprint density at radius 2 is 2.00 bits per heavy atom. The highest BCUT2D eigenvalue weighted by molar-refractivity contribution is 6.06. The molecule has 0 aromatic carbocycles. The third-order valence-corrected chi connectivity index (χ3v) is 6.32. The van der Waals surface area contributed by atoms with Crippen LogP contribution in [0.2, 0.25) is 0 Å². The molecular formula is C21H27N5O4. The fraction of sp³-hybridized carbons (Fsp3) is 0.571. The van der Waals surface area contributed by atoms with E-state index in [0.717, 1.165) is 48.9 Å². The maximum absolute atomic E-state index is 12.2. The molecule has 0 saturated carbocycles. The number of hydrogen-bond donors (Lipinski definition) is 2. The number of piperidine rings is 1. The van der Waals surface area contributed by atoms with E-state index in [4.69, 9.17) is 14.5 Å². The predicted molar refractivity (Wildman–Crippen MR) is 110 cm³/mol. The highest BCUT2D eigenvalue weighted by Crippen LogP contribution is 2.34. The lowest BCUT2D eigenvalue weighted by atomic mass is 10.0. The zero-order valence-corrected chi connectivity index (χ0v) is 17.1. The number of carbonyl (C=O) groups is 2. The second-order valence-electron chi connectivity index (χ2n) is 8.17. The summed E-state index contributed by atoms with van der Waals surface area (Å²) in [6.45, 7) is 5.48. The largest absolute Gasteiger partial charge is 0.348 e. The first-order valence-electron chi connectivity index (χ1n) is 10.7. The van der Waals surface area contributed by atoms with Crippen LogP contribution < -0.4 is 15.5 Å². The van der Waals surface area contributed by atoms with Crippen molar-refractivity contribution in [2.45, 2.75) is 44.4 Å². The van der Waals surface area contributed by atoms with Crippen LogP contribution in [-0.2, 0) is 20.7 Å². The number of nitrogens with zero attached hydrogens (tertiary/aromatic N) is 3. The van der Waals surface area contributed by atoms with E-state index in [1.165, 1.54) is 0 Å². The average molecular weight is 413 g/mol. The van der Waals surface area contributed by atoms with Crippen molar-refractivity contribution in [3.05, 3.63) is 24.0 Å². The highest BCUT2D eigenvalue weighted by Gasteiger charge is 2.39. The molecule has 2 aromatic heterocycles. The van der Waals surface area contributed by atoms with Gasteiger partial charge in [-0.1, -0.05) is 6.92 Å². The first kappa shape index (κ1) is 19.5. The molecule has 0 unspecified atom stereocenters. The van der Waals surface area contributed by atoms with Crippen molar-refractivity contribution in [1.29, 1.82) is 0 Å². The molecule has 5 heterocycles. The fourth-order valence-corrected chi connectivity index (χ4v) is 4.55. The number of fused-ring (bicyclic) bond motifs is 1. The number of urea groups is 1. The van der Waals surface area contributed by atoms with E-state index in [1.807, 2.05) is 6.07 Å². The van der Waals surface area contributed by atoms with Gasteiger partial charge in [-0.2, -0.15) is 0 Å². The van der Waals surface area contributed by atoms with Gasteiger partial charge in [0.05, 0.1) is 31.1 Å². The highest BCUT2D eigenvalue weighted by atomic mass is 16.7. The summed E-state index contributed by atoms with van der Waals surface area (Å²) in [6.07, 6.45) is 6.71.